The summed E-state index contributed by atoms with van der Waals surface area (Å²) >= 11 is 0. The Morgan fingerprint density at radius 3 is 2.00 bits per heavy atom. The van der Waals surface area contributed by atoms with E-state index in [0.717, 1.165) is 63.7 Å². The number of carbonyl (C=O) groups is 3. The zero-order valence-corrected chi connectivity index (χ0v) is 26.0. The van der Waals surface area contributed by atoms with Crippen LogP contribution in [-0.2, 0) is 14.4 Å². The van der Waals surface area contributed by atoms with Crippen molar-refractivity contribution >= 4 is 17.9 Å². The SMILES string of the molecule is C=C1CC[C@H](O)C/C1=C/C=C1CCC[C@@]2(C)C1CC[C@@H]2[C@H](C)CCCC(C)C.CC(=O)O.CC(=O)O.CC(=O)O. The highest BCUT2D eigenvalue weighted by molar-refractivity contribution is 5.63. The Morgan fingerprint density at radius 2 is 1.48 bits per heavy atom. The van der Waals surface area contributed by atoms with Gasteiger partial charge in [0.05, 0.1) is 6.10 Å². The third-order valence-corrected chi connectivity index (χ3v) is 8.35. The van der Waals surface area contributed by atoms with Gasteiger partial charge in [-0.15, -0.1) is 0 Å². The van der Waals surface area contributed by atoms with Gasteiger partial charge in [-0.05, 0) is 86.0 Å². The van der Waals surface area contributed by atoms with E-state index in [1.54, 1.807) is 5.57 Å². The molecule has 0 saturated heterocycles. The highest BCUT2D eigenvalue weighted by atomic mass is 16.4. The number of allylic oxidation sites excluding steroid dienone is 4. The summed E-state index contributed by atoms with van der Waals surface area (Å²) in [7, 11) is 0. The predicted molar refractivity (Wildman–Crippen MR) is 161 cm³/mol. The van der Waals surface area contributed by atoms with Crippen molar-refractivity contribution in [1.82, 2.24) is 0 Å². The molecule has 0 bridgehead atoms. The Morgan fingerprint density at radius 1 is 0.925 bits per heavy atom. The van der Waals surface area contributed by atoms with Gasteiger partial charge in [-0.2, -0.15) is 0 Å². The van der Waals surface area contributed by atoms with Crippen molar-refractivity contribution in [1.29, 1.82) is 0 Å². The lowest BCUT2D eigenvalue weighted by atomic mass is 9.60. The number of carboxylic acid groups (broad SMARTS) is 3. The van der Waals surface area contributed by atoms with Gasteiger partial charge in [-0.25, -0.2) is 0 Å². The van der Waals surface area contributed by atoms with Crippen LogP contribution in [0, 0.1) is 29.1 Å². The number of aliphatic carboxylic acids is 3. The number of carboxylic acids is 3. The molecule has 40 heavy (non-hydrogen) atoms. The summed E-state index contributed by atoms with van der Waals surface area (Å²) in [4.78, 5) is 27.0. The second kappa shape index (κ2) is 18.8. The van der Waals surface area contributed by atoms with Crippen molar-refractivity contribution in [3.63, 3.8) is 0 Å². The fourth-order valence-corrected chi connectivity index (χ4v) is 6.66. The van der Waals surface area contributed by atoms with Gasteiger partial charge in [-0.3, -0.25) is 14.4 Å². The molecule has 3 fully saturated rings. The standard InChI is InChI=1S/C27H44O.3C2H4O2/c1-19(2)8-6-9-21(4)25-15-16-26-22(10-7-17-27(25,26)5)12-13-23-18-24(28)14-11-20(23)3;3*1-2(3)4/h12-13,19,21,24-26,28H,3,6-11,14-18H2,1-2,4-5H3;3*1H3,(H,3,4)/b22-12?,23-13-;;;/t21-,24+,25-,26?,27-;;;/m1.../s1. The summed E-state index contributed by atoms with van der Waals surface area (Å²) in [6.07, 6.45) is 18.2. The van der Waals surface area contributed by atoms with E-state index >= 15 is 0 Å². The first kappa shape index (κ1) is 37.6. The Bertz CT molecular complexity index is 845. The van der Waals surface area contributed by atoms with E-state index in [9.17, 15) is 5.11 Å². The molecule has 0 aromatic heterocycles. The van der Waals surface area contributed by atoms with E-state index in [1.807, 2.05) is 0 Å². The molecule has 7 heteroatoms. The lowest BCUT2D eigenvalue weighted by Crippen LogP contribution is -2.36. The van der Waals surface area contributed by atoms with Crippen LogP contribution in [0.4, 0.5) is 0 Å². The molecule has 0 heterocycles. The predicted octanol–water partition coefficient (Wildman–Crippen LogP) is 7.89. The second-order valence-corrected chi connectivity index (χ2v) is 12.4. The minimum Gasteiger partial charge on any atom is -0.481 e. The van der Waals surface area contributed by atoms with Crippen LogP contribution in [0.3, 0.4) is 0 Å². The number of aliphatic hydroxyl groups excluding tert-OH is 1. The van der Waals surface area contributed by atoms with Gasteiger partial charge < -0.3 is 20.4 Å². The van der Waals surface area contributed by atoms with Gasteiger partial charge in [0.25, 0.3) is 17.9 Å². The van der Waals surface area contributed by atoms with Crippen molar-refractivity contribution in [2.24, 2.45) is 29.1 Å². The molecule has 3 aliphatic carbocycles. The average molecular weight is 565 g/mol. The zero-order valence-electron chi connectivity index (χ0n) is 26.0. The van der Waals surface area contributed by atoms with Crippen LogP contribution in [0.2, 0.25) is 0 Å². The molecule has 0 amide bonds. The Balaban J connectivity index is 0.00000107. The van der Waals surface area contributed by atoms with Gasteiger partial charge in [0, 0.05) is 20.8 Å². The van der Waals surface area contributed by atoms with E-state index in [1.165, 1.54) is 62.5 Å². The summed E-state index contributed by atoms with van der Waals surface area (Å²) in [6.45, 7) is 17.3. The maximum absolute atomic E-state index is 10.0. The molecule has 7 nitrogen and oxygen atoms in total. The third-order valence-electron chi connectivity index (χ3n) is 8.35. The average Bonchev–Trinajstić information content (AvgIpc) is 3.16. The fraction of sp³-hybridized carbons (Fsp3) is 0.727. The minimum atomic E-state index is -0.833. The molecule has 0 aromatic carbocycles. The molecule has 3 saturated carbocycles. The molecule has 4 N–H and O–H groups in total. The molecule has 5 atom stereocenters. The molecule has 0 aliphatic heterocycles. The summed E-state index contributed by atoms with van der Waals surface area (Å²) in [6, 6.07) is 0. The number of hydrogen-bond acceptors (Lipinski definition) is 4. The monoisotopic (exact) mass is 564 g/mol. The number of aliphatic hydroxyl groups is 1. The fourth-order valence-electron chi connectivity index (χ4n) is 6.66. The lowest BCUT2D eigenvalue weighted by Gasteiger charge is -2.44. The van der Waals surface area contributed by atoms with E-state index in [-0.39, 0.29) is 6.10 Å². The zero-order chi connectivity index (χ0) is 31.0. The molecule has 230 valence electrons. The molecular formula is C33H56O7. The lowest BCUT2D eigenvalue weighted by molar-refractivity contribution is -0.135. The second-order valence-electron chi connectivity index (χ2n) is 12.4. The summed E-state index contributed by atoms with van der Waals surface area (Å²) in [5.74, 6) is 0.869. The van der Waals surface area contributed by atoms with Gasteiger partial charge >= 0.3 is 0 Å². The largest absolute Gasteiger partial charge is 0.481 e. The quantitative estimate of drug-likeness (QED) is 0.258. The molecule has 0 aromatic rings. The van der Waals surface area contributed by atoms with Crippen LogP contribution in [-0.4, -0.2) is 44.4 Å². The summed E-state index contributed by atoms with van der Waals surface area (Å²) in [5, 5.41) is 32.3. The van der Waals surface area contributed by atoms with Crippen molar-refractivity contribution in [2.45, 2.75) is 125 Å². The van der Waals surface area contributed by atoms with Crippen LogP contribution in [0.25, 0.3) is 0 Å². The van der Waals surface area contributed by atoms with E-state index in [0.29, 0.717) is 5.41 Å². The highest BCUT2D eigenvalue weighted by Crippen LogP contribution is 2.60. The first-order chi connectivity index (χ1) is 18.5. The third kappa shape index (κ3) is 14.8. The first-order valence-electron chi connectivity index (χ1n) is 14.9. The summed E-state index contributed by atoms with van der Waals surface area (Å²) in [5.41, 5.74) is 4.72. The van der Waals surface area contributed by atoms with Gasteiger partial charge in [0.15, 0.2) is 0 Å². The van der Waals surface area contributed by atoms with E-state index in [4.69, 9.17) is 29.7 Å². The molecule has 1 unspecified atom stereocenters. The Kier molecular flexibility index (Phi) is 17.7. The smallest absolute Gasteiger partial charge is 0.300 e. The topological polar surface area (TPSA) is 132 Å². The summed E-state index contributed by atoms with van der Waals surface area (Å²) < 4.78 is 0. The Hall–Kier alpha value is -2.41. The van der Waals surface area contributed by atoms with Gasteiger partial charge in [0.2, 0.25) is 0 Å². The van der Waals surface area contributed by atoms with Crippen LogP contribution in [0.1, 0.15) is 119 Å². The number of hydrogen-bond donors (Lipinski definition) is 4. The maximum atomic E-state index is 10.0. The molecular weight excluding hydrogens is 508 g/mol. The van der Waals surface area contributed by atoms with E-state index < -0.39 is 17.9 Å². The van der Waals surface area contributed by atoms with Gasteiger partial charge in [0.1, 0.15) is 0 Å². The first-order valence-corrected chi connectivity index (χ1v) is 14.9. The van der Waals surface area contributed by atoms with Crippen LogP contribution < -0.4 is 0 Å². The molecule has 3 rings (SSSR count). The minimum absolute atomic E-state index is 0.172. The highest BCUT2D eigenvalue weighted by Gasteiger charge is 2.50. The normalized spacial score (nSPS) is 28.2. The molecule has 0 spiro atoms. The Labute approximate surface area is 242 Å². The number of rotatable bonds is 6. The van der Waals surface area contributed by atoms with Crippen molar-refractivity contribution < 1.29 is 34.8 Å². The van der Waals surface area contributed by atoms with E-state index in [2.05, 4.69) is 46.4 Å². The van der Waals surface area contributed by atoms with Crippen LogP contribution >= 0.6 is 0 Å². The van der Waals surface area contributed by atoms with Crippen LogP contribution in [0.15, 0.2) is 35.5 Å². The number of fused-ring (bicyclic) bond motifs is 1. The molecule has 3 aliphatic rings. The van der Waals surface area contributed by atoms with Crippen molar-refractivity contribution in [2.75, 3.05) is 0 Å². The van der Waals surface area contributed by atoms with Crippen LogP contribution in [0.5, 0.6) is 0 Å². The maximum Gasteiger partial charge on any atom is 0.300 e. The van der Waals surface area contributed by atoms with Crippen molar-refractivity contribution in [3.8, 4) is 0 Å². The molecule has 0 radical (unpaired) electrons. The van der Waals surface area contributed by atoms with Gasteiger partial charge in [-0.1, -0.05) is 76.8 Å². The van der Waals surface area contributed by atoms with Crippen molar-refractivity contribution in [3.05, 3.63) is 35.5 Å².